The van der Waals surface area contributed by atoms with Crippen LogP contribution in [0.4, 0.5) is 0 Å². The largest absolute Gasteiger partial charge is 0.497 e. The van der Waals surface area contributed by atoms with Crippen molar-refractivity contribution in [1.29, 1.82) is 0 Å². The van der Waals surface area contributed by atoms with Gasteiger partial charge in [0.1, 0.15) is 11.5 Å². The van der Waals surface area contributed by atoms with Crippen molar-refractivity contribution in [2.75, 3.05) is 14.2 Å². The summed E-state index contributed by atoms with van der Waals surface area (Å²) >= 11 is 3.45. The van der Waals surface area contributed by atoms with Crippen molar-refractivity contribution >= 4 is 21.7 Å². The van der Waals surface area contributed by atoms with Crippen molar-refractivity contribution in [2.45, 2.75) is 32.1 Å². The van der Waals surface area contributed by atoms with Gasteiger partial charge in [-0.2, -0.15) is 0 Å². The van der Waals surface area contributed by atoms with Crippen molar-refractivity contribution in [2.24, 2.45) is 5.92 Å². The molecule has 1 aromatic rings. The highest BCUT2D eigenvalue weighted by Gasteiger charge is 2.23. The molecule has 1 aliphatic rings. The van der Waals surface area contributed by atoms with Crippen LogP contribution >= 0.6 is 15.9 Å². The SMILES string of the molecule is COc1cc(Br)c(C(=O)CC2CCCC2)c(OC)c1. The fraction of sp³-hybridized carbons (Fsp3) is 0.533. The fourth-order valence-corrected chi connectivity index (χ4v) is 3.33. The van der Waals surface area contributed by atoms with E-state index in [-0.39, 0.29) is 5.78 Å². The molecule has 0 spiro atoms. The van der Waals surface area contributed by atoms with Crippen molar-refractivity contribution < 1.29 is 14.3 Å². The molecule has 0 bridgehead atoms. The van der Waals surface area contributed by atoms with E-state index in [4.69, 9.17) is 9.47 Å². The van der Waals surface area contributed by atoms with Gasteiger partial charge < -0.3 is 9.47 Å². The number of methoxy groups -OCH3 is 2. The summed E-state index contributed by atoms with van der Waals surface area (Å²) in [6, 6.07) is 3.57. The number of carbonyl (C=O) groups is 1. The van der Waals surface area contributed by atoms with E-state index in [1.165, 1.54) is 25.7 Å². The quantitative estimate of drug-likeness (QED) is 0.759. The molecule has 0 amide bonds. The number of rotatable bonds is 5. The van der Waals surface area contributed by atoms with Crippen LogP contribution in [0.2, 0.25) is 0 Å². The van der Waals surface area contributed by atoms with Gasteiger partial charge in [0, 0.05) is 17.0 Å². The highest BCUT2D eigenvalue weighted by Crippen LogP contribution is 2.36. The van der Waals surface area contributed by atoms with E-state index in [9.17, 15) is 4.79 Å². The Bertz CT molecular complexity index is 465. The van der Waals surface area contributed by atoms with Crippen molar-refractivity contribution in [1.82, 2.24) is 0 Å². The average molecular weight is 327 g/mol. The van der Waals surface area contributed by atoms with Crippen molar-refractivity contribution in [3.8, 4) is 11.5 Å². The molecule has 0 unspecified atom stereocenters. The molecule has 0 radical (unpaired) electrons. The first-order valence-electron chi connectivity index (χ1n) is 6.60. The van der Waals surface area contributed by atoms with Crippen LogP contribution in [-0.4, -0.2) is 20.0 Å². The summed E-state index contributed by atoms with van der Waals surface area (Å²) in [5.74, 6) is 1.94. The van der Waals surface area contributed by atoms with Crippen LogP contribution in [-0.2, 0) is 0 Å². The number of halogens is 1. The number of carbonyl (C=O) groups excluding carboxylic acids is 1. The van der Waals surface area contributed by atoms with Crippen LogP contribution in [0.15, 0.2) is 16.6 Å². The summed E-state index contributed by atoms with van der Waals surface area (Å²) in [5, 5.41) is 0. The lowest BCUT2D eigenvalue weighted by Crippen LogP contribution is -2.08. The molecular weight excluding hydrogens is 308 g/mol. The van der Waals surface area contributed by atoms with Gasteiger partial charge in [-0.15, -0.1) is 0 Å². The predicted molar refractivity (Wildman–Crippen MR) is 78.2 cm³/mol. The first-order chi connectivity index (χ1) is 9.15. The van der Waals surface area contributed by atoms with Crippen LogP contribution in [0.25, 0.3) is 0 Å². The Morgan fingerprint density at radius 2 is 1.95 bits per heavy atom. The third-order valence-electron chi connectivity index (χ3n) is 3.71. The van der Waals surface area contributed by atoms with E-state index < -0.39 is 0 Å². The maximum absolute atomic E-state index is 12.5. The highest BCUT2D eigenvalue weighted by atomic mass is 79.9. The maximum Gasteiger partial charge on any atom is 0.168 e. The number of ketones is 1. The Labute approximate surface area is 122 Å². The van der Waals surface area contributed by atoms with E-state index in [0.29, 0.717) is 29.4 Å². The molecule has 2 rings (SSSR count). The summed E-state index contributed by atoms with van der Waals surface area (Å²) in [7, 11) is 3.18. The summed E-state index contributed by atoms with van der Waals surface area (Å²) in [6.45, 7) is 0. The van der Waals surface area contributed by atoms with Gasteiger partial charge >= 0.3 is 0 Å². The zero-order valence-corrected chi connectivity index (χ0v) is 13.0. The molecular formula is C15H19BrO3. The molecule has 0 saturated heterocycles. The van der Waals surface area contributed by atoms with E-state index in [1.807, 2.05) is 6.07 Å². The molecule has 1 aromatic carbocycles. The zero-order chi connectivity index (χ0) is 13.8. The first-order valence-corrected chi connectivity index (χ1v) is 7.39. The summed E-state index contributed by atoms with van der Waals surface area (Å²) < 4.78 is 11.3. The van der Waals surface area contributed by atoms with Gasteiger partial charge in [0.25, 0.3) is 0 Å². The van der Waals surface area contributed by atoms with Gasteiger partial charge in [0.05, 0.1) is 19.8 Å². The zero-order valence-electron chi connectivity index (χ0n) is 11.4. The molecule has 0 heterocycles. The highest BCUT2D eigenvalue weighted by molar-refractivity contribution is 9.10. The molecule has 0 aromatic heterocycles. The minimum absolute atomic E-state index is 0.151. The molecule has 1 fully saturated rings. The minimum Gasteiger partial charge on any atom is -0.497 e. The van der Waals surface area contributed by atoms with E-state index in [2.05, 4.69) is 15.9 Å². The lowest BCUT2D eigenvalue weighted by atomic mass is 9.96. The number of hydrogen-bond acceptors (Lipinski definition) is 3. The van der Waals surface area contributed by atoms with Crippen molar-refractivity contribution in [3.63, 3.8) is 0 Å². The standard InChI is InChI=1S/C15H19BrO3/c1-18-11-8-12(16)15(14(9-11)19-2)13(17)7-10-5-3-4-6-10/h8-10H,3-7H2,1-2H3. The minimum atomic E-state index is 0.151. The van der Waals surface area contributed by atoms with Crippen LogP contribution < -0.4 is 9.47 Å². The molecule has 0 atom stereocenters. The molecule has 1 aliphatic carbocycles. The maximum atomic E-state index is 12.5. The Hall–Kier alpha value is -1.03. The molecule has 1 saturated carbocycles. The van der Waals surface area contributed by atoms with E-state index in [0.717, 1.165) is 4.47 Å². The second kappa shape index (κ2) is 6.42. The average Bonchev–Trinajstić information content (AvgIpc) is 2.90. The number of hydrogen-bond donors (Lipinski definition) is 0. The summed E-state index contributed by atoms with van der Waals surface area (Å²) in [5.41, 5.74) is 0.634. The van der Waals surface area contributed by atoms with E-state index >= 15 is 0 Å². The summed E-state index contributed by atoms with van der Waals surface area (Å²) in [4.78, 5) is 12.5. The fourth-order valence-electron chi connectivity index (χ4n) is 2.69. The van der Waals surface area contributed by atoms with Crippen LogP contribution in [0.3, 0.4) is 0 Å². The number of Topliss-reactive ketones (excluding diaryl/α,β-unsaturated/α-hetero) is 1. The number of ether oxygens (including phenoxy) is 2. The third-order valence-corrected chi connectivity index (χ3v) is 4.34. The molecule has 19 heavy (non-hydrogen) atoms. The van der Waals surface area contributed by atoms with Gasteiger partial charge in [0.15, 0.2) is 5.78 Å². The van der Waals surface area contributed by atoms with Gasteiger partial charge in [-0.3, -0.25) is 4.79 Å². The number of benzene rings is 1. The lowest BCUT2D eigenvalue weighted by molar-refractivity contribution is 0.0958. The summed E-state index contributed by atoms with van der Waals surface area (Å²) in [6.07, 6.45) is 5.45. The molecule has 3 nitrogen and oxygen atoms in total. The predicted octanol–water partition coefficient (Wildman–Crippen LogP) is 4.23. The third kappa shape index (κ3) is 3.30. The van der Waals surface area contributed by atoms with Crippen LogP contribution in [0.5, 0.6) is 11.5 Å². The Kier molecular flexibility index (Phi) is 4.86. The Morgan fingerprint density at radius 1 is 1.26 bits per heavy atom. The second-order valence-electron chi connectivity index (χ2n) is 4.96. The topological polar surface area (TPSA) is 35.5 Å². The Morgan fingerprint density at radius 3 is 2.53 bits per heavy atom. The molecule has 0 N–H and O–H groups in total. The van der Waals surface area contributed by atoms with Crippen LogP contribution in [0.1, 0.15) is 42.5 Å². The monoisotopic (exact) mass is 326 g/mol. The van der Waals surface area contributed by atoms with Crippen LogP contribution in [0, 0.1) is 5.92 Å². The second-order valence-corrected chi connectivity index (χ2v) is 5.82. The molecule has 104 valence electrons. The van der Waals surface area contributed by atoms with Gasteiger partial charge in [-0.25, -0.2) is 0 Å². The van der Waals surface area contributed by atoms with Gasteiger partial charge in [-0.1, -0.05) is 25.7 Å². The first kappa shape index (κ1) is 14.4. The molecule has 0 aliphatic heterocycles. The Balaban J connectivity index is 2.24. The lowest BCUT2D eigenvalue weighted by Gasteiger charge is -2.14. The van der Waals surface area contributed by atoms with Gasteiger partial charge in [0.2, 0.25) is 0 Å². The normalized spacial score (nSPS) is 15.5. The van der Waals surface area contributed by atoms with Gasteiger partial charge in [-0.05, 0) is 27.9 Å². The molecule has 4 heteroatoms. The van der Waals surface area contributed by atoms with Crippen molar-refractivity contribution in [3.05, 3.63) is 22.2 Å². The smallest absolute Gasteiger partial charge is 0.168 e. The van der Waals surface area contributed by atoms with E-state index in [1.54, 1.807) is 20.3 Å².